The summed E-state index contributed by atoms with van der Waals surface area (Å²) in [5.41, 5.74) is 1.28. The number of rotatable bonds is 8. The molecule has 0 radical (unpaired) electrons. The van der Waals surface area contributed by atoms with E-state index in [9.17, 15) is 19.3 Å². The average Bonchev–Trinajstić information content (AvgIpc) is 3.22. The molecule has 2 heterocycles. The number of amides is 1. The molecular formula is C22H17FN4O3S2. The maximum absolute atomic E-state index is 13.1. The van der Waals surface area contributed by atoms with Gasteiger partial charge in [0.1, 0.15) is 5.82 Å². The van der Waals surface area contributed by atoms with Gasteiger partial charge >= 0.3 is 0 Å². The Morgan fingerprint density at radius 1 is 1.16 bits per heavy atom. The number of pyridine rings is 1. The van der Waals surface area contributed by atoms with E-state index in [0.29, 0.717) is 26.8 Å². The molecule has 0 saturated heterocycles. The molecule has 162 valence electrons. The Morgan fingerprint density at radius 3 is 2.69 bits per heavy atom. The molecule has 32 heavy (non-hydrogen) atoms. The highest BCUT2D eigenvalue weighted by Gasteiger charge is 2.21. The van der Waals surface area contributed by atoms with Crippen LogP contribution in [0, 0.1) is 15.9 Å². The average molecular weight is 469 g/mol. The van der Waals surface area contributed by atoms with Gasteiger partial charge in [-0.1, -0.05) is 17.4 Å². The van der Waals surface area contributed by atoms with Gasteiger partial charge in [0.05, 0.1) is 27.4 Å². The third kappa shape index (κ3) is 5.27. The number of hydrogen-bond donors (Lipinski definition) is 0. The van der Waals surface area contributed by atoms with E-state index in [2.05, 4.69) is 9.97 Å². The fourth-order valence-corrected chi connectivity index (χ4v) is 4.82. The second-order valence-electron chi connectivity index (χ2n) is 6.76. The number of nitro groups is 1. The Balaban J connectivity index is 1.55. The molecule has 4 rings (SSSR count). The van der Waals surface area contributed by atoms with Crippen LogP contribution in [0.4, 0.5) is 15.2 Å². The number of anilines is 1. The molecule has 0 fully saturated rings. The van der Waals surface area contributed by atoms with Crippen molar-refractivity contribution in [3.8, 4) is 0 Å². The number of fused-ring (bicyclic) bond motifs is 1. The van der Waals surface area contributed by atoms with Gasteiger partial charge in [-0.15, -0.1) is 11.8 Å². The number of benzene rings is 2. The lowest BCUT2D eigenvalue weighted by molar-refractivity contribution is -0.384. The van der Waals surface area contributed by atoms with Crippen molar-refractivity contribution >= 4 is 50.0 Å². The first-order valence-electron chi connectivity index (χ1n) is 9.63. The van der Waals surface area contributed by atoms with Gasteiger partial charge < -0.3 is 0 Å². The van der Waals surface area contributed by atoms with Crippen molar-refractivity contribution in [3.05, 3.63) is 88.5 Å². The van der Waals surface area contributed by atoms with Crippen LogP contribution in [0.3, 0.4) is 0 Å². The van der Waals surface area contributed by atoms with Gasteiger partial charge in [0.15, 0.2) is 5.13 Å². The van der Waals surface area contributed by atoms with E-state index < -0.39 is 4.92 Å². The van der Waals surface area contributed by atoms with Crippen molar-refractivity contribution < 1.29 is 14.1 Å². The molecule has 0 N–H and O–H groups in total. The lowest BCUT2D eigenvalue weighted by Gasteiger charge is -2.19. The molecule has 4 aromatic rings. The standard InChI is InChI=1S/C22H17FN4O3S2/c23-15-4-7-18(8-5-15)31-12-10-21(28)26(14-16-3-1-2-11-24-16)22-25-19-9-6-17(27(29)30)13-20(19)32-22/h1-9,11,13H,10,12,14H2. The highest BCUT2D eigenvalue weighted by Crippen LogP contribution is 2.32. The Hall–Kier alpha value is -3.37. The van der Waals surface area contributed by atoms with Gasteiger partial charge in [0.2, 0.25) is 5.91 Å². The van der Waals surface area contributed by atoms with Crippen LogP contribution in [0.2, 0.25) is 0 Å². The SMILES string of the molecule is O=C(CCSc1ccc(F)cc1)N(Cc1ccccn1)c1nc2ccc([N+](=O)[O-])cc2s1. The van der Waals surface area contributed by atoms with Crippen LogP contribution in [0.5, 0.6) is 0 Å². The third-order valence-corrected chi connectivity index (χ3v) is 6.60. The quantitative estimate of drug-likeness (QED) is 0.194. The van der Waals surface area contributed by atoms with Crippen LogP contribution in [0.25, 0.3) is 10.2 Å². The smallest absolute Gasteiger partial charge is 0.270 e. The van der Waals surface area contributed by atoms with Crippen LogP contribution in [0.15, 0.2) is 71.8 Å². The monoisotopic (exact) mass is 468 g/mol. The number of hydrogen-bond acceptors (Lipinski definition) is 7. The zero-order valence-corrected chi connectivity index (χ0v) is 18.3. The van der Waals surface area contributed by atoms with Gasteiger partial charge in [0.25, 0.3) is 5.69 Å². The van der Waals surface area contributed by atoms with Crippen molar-refractivity contribution in [2.45, 2.75) is 17.9 Å². The van der Waals surface area contributed by atoms with Crippen LogP contribution >= 0.6 is 23.1 Å². The van der Waals surface area contributed by atoms with E-state index >= 15 is 0 Å². The molecule has 0 aliphatic heterocycles. The summed E-state index contributed by atoms with van der Waals surface area (Å²) in [5, 5.41) is 11.5. The first kappa shape index (κ1) is 21.8. The van der Waals surface area contributed by atoms with E-state index in [1.54, 1.807) is 35.4 Å². The number of carbonyl (C=O) groups is 1. The minimum atomic E-state index is -0.456. The molecule has 10 heteroatoms. The number of carbonyl (C=O) groups excluding carboxylic acids is 1. The lowest BCUT2D eigenvalue weighted by atomic mass is 10.3. The minimum Gasteiger partial charge on any atom is -0.282 e. The first-order chi connectivity index (χ1) is 15.5. The molecule has 0 spiro atoms. The summed E-state index contributed by atoms with van der Waals surface area (Å²) in [7, 11) is 0. The minimum absolute atomic E-state index is 0.0222. The number of halogens is 1. The zero-order chi connectivity index (χ0) is 22.5. The summed E-state index contributed by atoms with van der Waals surface area (Å²) in [5.74, 6) is 0.0707. The van der Waals surface area contributed by atoms with Gasteiger partial charge in [-0.3, -0.25) is 24.8 Å². The predicted molar refractivity (Wildman–Crippen MR) is 123 cm³/mol. The Labute approximate surface area is 191 Å². The van der Waals surface area contributed by atoms with Crippen molar-refractivity contribution in [2.24, 2.45) is 0 Å². The highest BCUT2D eigenvalue weighted by molar-refractivity contribution is 7.99. The van der Waals surface area contributed by atoms with Crippen LogP contribution in [0.1, 0.15) is 12.1 Å². The summed E-state index contributed by atoms with van der Waals surface area (Å²) >= 11 is 2.69. The second kappa shape index (κ2) is 9.84. The molecule has 0 saturated carbocycles. The molecule has 0 unspecified atom stereocenters. The van der Waals surface area contributed by atoms with E-state index in [1.165, 1.54) is 47.4 Å². The fourth-order valence-electron chi connectivity index (χ4n) is 2.97. The normalized spacial score (nSPS) is 10.9. The first-order valence-corrected chi connectivity index (χ1v) is 11.4. The van der Waals surface area contributed by atoms with E-state index in [1.807, 2.05) is 12.1 Å². The van der Waals surface area contributed by atoms with Crippen molar-refractivity contribution in [1.82, 2.24) is 9.97 Å². The Morgan fingerprint density at radius 2 is 1.97 bits per heavy atom. The van der Waals surface area contributed by atoms with Gasteiger partial charge in [-0.2, -0.15) is 0 Å². The Kier molecular flexibility index (Phi) is 6.72. The molecule has 2 aromatic carbocycles. The van der Waals surface area contributed by atoms with E-state index in [-0.39, 0.29) is 30.4 Å². The predicted octanol–water partition coefficient (Wildman–Crippen LogP) is 5.45. The number of thiazole rings is 1. The maximum Gasteiger partial charge on any atom is 0.270 e. The van der Waals surface area contributed by atoms with Crippen LogP contribution < -0.4 is 4.90 Å². The molecule has 0 atom stereocenters. The summed E-state index contributed by atoms with van der Waals surface area (Å²) in [6.07, 6.45) is 1.90. The van der Waals surface area contributed by atoms with E-state index in [0.717, 1.165) is 4.90 Å². The maximum atomic E-state index is 13.1. The lowest BCUT2D eigenvalue weighted by Crippen LogP contribution is -2.30. The molecule has 0 aliphatic carbocycles. The fraction of sp³-hybridized carbons (Fsp3) is 0.136. The van der Waals surface area contributed by atoms with Crippen molar-refractivity contribution in [2.75, 3.05) is 10.7 Å². The molecule has 2 aromatic heterocycles. The molecular weight excluding hydrogens is 451 g/mol. The molecule has 7 nitrogen and oxygen atoms in total. The number of thioether (sulfide) groups is 1. The summed E-state index contributed by atoms with van der Waals surface area (Å²) < 4.78 is 13.7. The van der Waals surface area contributed by atoms with Gasteiger partial charge in [0, 0.05) is 35.4 Å². The van der Waals surface area contributed by atoms with Crippen LogP contribution in [-0.2, 0) is 11.3 Å². The van der Waals surface area contributed by atoms with Crippen molar-refractivity contribution in [1.29, 1.82) is 0 Å². The second-order valence-corrected chi connectivity index (χ2v) is 8.94. The van der Waals surface area contributed by atoms with E-state index in [4.69, 9.17) is 0 Å². The number of aromatic nitrogens is 2. The number of non-ortho nitro benzene ring substituents is 1. The molecule has 0 aliphatic rings. The number of nitro benzene ring substituents is 1. The van der Waals surface area contributed by atoms with Crippen LogP contribution in [-0.4, -0.2) is 26.6 Å². The van der Waals surface area contributed by atoms with Crippen molar-refractivity contribution in [3.63, 3.8) is 0 Å². The Bertz CT molecular complexity index is 1250. The highest BCUT2D eigenvalue weighted by atomic mass is 32.2. The summed E-state index contributed by atoms with van der Waals surface area (Å²) in [6.45, 7) is 0.239. The molecule has 0 bridgehead atoms. The topological polar surface area (TPSA) is 89.2 Å². The van der Waals surface area contributed by atoms with Gasteiger partial charge in [-0.05, 0) is 42.5 Å². The summed E-state index contributed by atoms with van der Waals surface area (Å²) in [6, 6.07) is 16.0. The largest absolute Gasteiger partial charge is 0.282 e. The zero-order valence-electron chi connectivity index (χ0n) is 16.7. The molecule has 1 amide bonds. The third-order valence-electron chi connectivity index (χ3n) is 4.55. The number of nitrogens with zero attached hydrogens (tertiary/aromatic N) is 4. The summed E-state index contributed by atoms with van der Waals surface area (Å²) in [4.78, 5) is 35.0. The van der Waals surface area contributed by atoms with Gasteiger partial charge in [-0.25, -0.2) is 9.37 Å².